The molecule has 2 aliphatic heterocycles. The summed E-state index contributed by atoms with van der Waals surface area (Å²) < 4.78 is 39.0. The number of carbonyl (C=O) groups excluding carboxylic acids is 1. The summed E-state index contributed by atoms with van der Waals surface area (Å²) in [5.41, 5.74) is 2.75. The average molecular weight is 457 g/mol. The van der Waals surface area contributed by atoms with Gasteiger partial charge < -0.3 is 14.4 Å². The molecule has 4 rings (SSSR count). The number of piperidine rings is 1. The van der Waals surface area contributed by atoms with E-state index in [0.717, 1.165) is 50.5 Å². The van der Waals surface area contributed by atoms with Crippen LogP contribution in [0.4, 0.5) is 13.2 Å². The van der Waals surface area contributed by atoms with Crippen LogP contribution in [0.25, 0.3) is 0 Å². The molecule has 9 nitrogen and oxygen atoms in total. The van der Waals surface area contributed by atoms with Gasteiger partial charge in [0.2, 0.25) is 0 Å². The van der Waals surface area contributed by atoms with Crippen molar-refractivity contribution in [3.63, 3.8) is 0 Å². The molecule has 2 aromatic rings. The first-order valence-corrected chi connectivity index (χ1v) is 10.4. The van der Waals surface area contributed by atoms with E-state index >= 15 is 0 Å². The Labute approximate surface area is 182 Å². The number of aryl methyl sites for hydroxylation is 2. The maximum atomic E-state index is 12.9. The number of hydrogen-bond acceptors (Lipinski definition) is 6. The smallest absolute Gasteiger partial charge is 0.475 e. The van der Waals surface area contributed by atoms with E-state index in [2.05, 4.69) is 15.2 Å². The number of fused-ring (bicyclic) bond motifs is 1. The van der Waals surface area contributed by atoms with E-state index in [1.165, 1.54) is 19.3 Å². The highest BCUT2D eigenvalue weighted by molar-refractivity contribution is 5.95. The molecular weight excluding hydrogens is 431 g/mol. The largest absolute Gasteiger partial charge is 0.490 e. The lowest BCUT2D eigenvalue weighted by atomic mass is 10.1. The van der Waals surface area contributed by atoms with Gasteiger partial charge >= 0.3 is 12.1 Å². The second kappa shape index (κ2) is 10.2. The van der Waals surface area contributed by atoms with Crippen LogP contribution < -0.4 is 0 Å². The Morgan fingerprint density at radius 1 is 1.12 bits per heavy atom. The maximum absolute atomic E-state index is 12.9. The second-order valence-electron chi connectivity index (χ2n) is 7.82. The molecule has 4 heterocycles. The summed E-state index contributed by atoms with van der Waals surface area (Å²) in [5, 5.41) is 15.9. The number of aromatic nitrogens is 3. The molecule has 1 saturated heterocycles. The number of hydrogen-bond donors (Lipinski definition) is 1. The summed E-state index contributed by atoms with van der Waals surface area (Å²) in [6.07, 6.45) is 1.22. The van der Waals surface area contributed by atoms with E-state index in [1.807, 2.05) is 16.5 Å². The molecule has 0 atom stereocenters. The highest BCUT2D eigenvalue weighted by Gasteiger charge is 2.38. The number of rotatable bonds is 3. The second-order valence-corrected chi connectivity index (χ2v) is 7.82. The third-order valence-corrected chi connectivity index (χ3v) is 5.50. The average Bonchev–Trinajstić information content (AvgIpc) is 3.26. The van der Waals surface area contributed by atoms with E-state index in [0.29, 0.717) is 17.9 Å². The van der Waals surface area contributed by atoms with Crippen LogP contribution in [0.5, 0.6) is 0 Å². The molecule has 0 aromatic carbocycles. The normalized spacial score (nSPS) is 17.2. The van der Waals surface area contributed by atoms with Crippen molar-refractivity contribution in [2.45, 2.75) is 58.4 Å². The monoisotopic (exact) mass is 457 g/mol. The fourth-order valence-electron chi connectivity index (χ4n) is 3.80. The molecule has 1 amide bonds. The summed E-state index contributed by atoms with van der Waals surface area (Å²) in [6, 6.07) is 1.76. The highest BCUT2D eigenvalue weighted by Crippen LogP contribution is 2.21. The summed E-state index contributed by atoms with van der Waals surface area (Å²) in [7, 11) is 0. The van der Waals surface area contributed by atoms with E-state index in [9.17, 15) is 18.0 Å². The molecule has 0 spiro atoms. The third kappa shape index (κ3) is 5.87. The van der Waals surface area contributed by atoms with Crippen LogP contribution in [0.3, 0.4) is 0 Å². The Balaban J connectivity index is 0.000000360. The summed E-state index contributed by atoms with van der Waals surface area (Å²) in [5.74, 6) is -2.05. The Morgan fingerprint density at radius 2 is 1.81 bits per heavy atom. The number of alkyl halides is 3. The minimum atomic E-state index is -5.08. The van der Waals surface area contributed by atoms with Gasteiger partial charge in [-0.25, -0.2) is 9.48 Å². The summed E-state index contributed by atoms with van der Waals surface area (Å²) in [6.45, 7) is 7.04. The molecule has 0 bridgehead atoms. The van der Waals surface area contributed by atoms with E-state index < -0.39 is 12.1 Å². The molecule has 32 heavy (non-hydrogen) atoms. The molecule has 0 unspecified atom stereocenters. The van der Waals surface area contributed by atoms with Gasteiger partial charge in [-0.15, -0.1) is 5.10 Å². The van der Waals surface area contributed by atoms with Crippen molar-refractivity contribution in [1.29, 1.82) is 0 Å². The number of halogens is 3. The predicted molar refractivity (Wildman–Crippen MR) is 106 cm³/mol. The molecule has 1 N–H and O–H groups in total. The summed E-state index contributed by atoms with van der Waals surface area (Å²) in [4.78, 5) is 26.1. The van der Waals surface area contributed by atoms with Gasteiger partial charge in [0.1, 0.15) is 11.5 Å². The lowest BCUT2D eigenvalue weighted by molar-refractivity contribution is -0.192. The van der Waals surface area contributed by atoms with Crippen molar-refractivity contribution < 1.29 is 32.3 Å². The molecule has 0 radical (unpaired) electrons. The van der Waals surface area contributed by atoms with Crippen LogP contribution in [0.2, 0.25) is 0 Å². The SMILES string of the molecule is Cc1occc1C(=O)N1CCCn2nnc(CN3CCCCC3)c2C1.O=C(O)C(F)(F)F. The van der Waals surface area contributed by atoms with Crippen molar-refractivity contribution in [2.24, 2.45) is 0 Å². The zero-order valence-electron chi connectivity index (χ0n) is 17.8. The molecule has 0 aliphatic carbocycles. The minimum absolute atomic E-state index is 0.0322. The van der Waals surface area contributed by atoms with Crippen molar-refractivity contribution >= 4 is 11.9 Å². The van der Waals surface area contributed by atoms with Crippen molar-refractivity contribution in [2.75, 3.05) is 19.6 Å². The highest BCUT2D eigenvalue weighted by atomic mass is 19.4. The molecule has 176 valence electrons. The number of aliphatic carboxylic acids is 1. The number of furan rings is 1. The minimum Gasteiger partial charge on any atom is -0.475 e. The molecule has 12 heteroatoms. The number of carboxylic acids is 1. The van der Waals surface area contributed by atoms with Gasteiger partial charge in [-0.05, 0) is 45.3 Å². The number of amides is 1. The number of nitrogens with zero attached hydrogens (tertiary/aromatic N) is 5. The van der Waals surface area contributed by atoms with Gasteiger partial charge in [0.05, 0.1) is 24.1 Å². The van der Waals surface area contributed by atoms with Gasteiger partial charge in [0.25, 0.3) is 5.91 Å². The van der Waals surface area contributed by atoms with Crippen LogP contribution >= 0.6 is 0 Å². The molecule has 0 saturated carbocycles. The Morgan fingerprint density at radius 3 is 2.41 bits per heavy atom. The molecule has 2 aromatic heterocycles. The first-order valence-electron chi connectivity index (χ1n) is 10.4. The van der Waals surface area contributed by atoms with Gasteiger partial charge in [-0.2, -0.15) is 13.2 Å². The van der Waals surface area contributed by atoms with Gasteiger partial charge in [0.15, 0.2) is 0 Å². The van der Waals surface area contributed by atoms with Gasteiger partial charge in [0, 0.05) is 19.6 Å². The van der Waals surface area contributed by atoms with Crippen molar-refractivity contribution in [1.82, 2.24) is 24.8 Å². The van der Waals surface area contributed by atoms with E-state index in [1.54, 1.807) is 12.3 Å². The maximum Gasteiger partial charge on any atom is 0.490 e. The zero-order chi connectivity index (χ0) is 23.3. The fraction of sp³-hybridized carbons (Fsp3) is 0.600. The third-order valence-electron chi connectivity index (χ3n) is 5.50. The quantitative estimate of drug-likeness (QED) is 0.756. The zero-order valence-corrected chi connectivity index (χ0v) is 17.8. The summed E-state index contributed by atoms with van der Waals surface area (Å²) >= 11 is 0. The first kappa shape index (κ1) is 23.8. The predicted octanol–water partition coefficient (Wildman–Crippen LogP) is 2.84. The van der Waals surface area contributed by atoms with E-state index in [4.69, 9.17) is 14.3 Å². The van der Waals surface area contributed by atoms with Crippen LogP contribution in [-0.2, 0) is 24.4 Å². The number of carbonyl (C=O) groups is 2. The Kier molecular flexibility index (Phi) is 7.54. The van der Waals surface area contributed by atoms with Crippen LogP contribution in [-0.4, -0.2) is 67.6 Å². The van der Waals surface area contributed by atoms with Crippen molar-refractivity contribution in [3.05, 3.63) is 35.0 Å². The molecule has 2 aliphatic rings. The first-order chi connectivity index (χ1) is 15.2. The van der Waals surface area contributed by atoms with Crippen LogP contribution in [0, 0.1) is 6.92 Å². The lowest BCUT2D eigenvalue weighted by Gasteiger charge is -2.26. The molecule has 1 fully saturated rings. The van der Waals surface area contributed by atoms with Crippen molar-refractivity contribution in [3.8, 4) is 0 Å². The topological polar surface area (TPSA) is 105 Å². The van der Waals surface area contributed by atoms with E-state index in [-0.39, 0.29) is 5.91 Å². The Hall–Kier alpha value is -2.89. The fourth-order valence-corrected chi connectivity index (χ4v) is 3.80. The van der Waals surface area contributed by atoms with Gasteiger partial charge in [-0.3, -0.25) is 9.69 Å². The Bertz CT molecular complexity index is 934. The van der Waals surface area contributed by atoms with Crippen LogP contribution in [0.1, 0.15) is 53.2 Å². The molecular formula is C20H26F3N5O4. The lowest BCUT2D eigenvalue weighted by Crippen LogP contribution is -2.32. The van der Waals surface area contributed by atoms with Crippen LogP contribution in [0.15, 0.2) is 16.7 Å². The number of carboxylic acid groups (broad SMARTS) is 1. The van der Waals surface area contributed by atoms with Gasteiger partial charge in [-0.1, -0.05) is 11.6 Å². The number of likely N-dealkylation sites (tertiary alicyclic amines) is 1. The standard InChI is InChI=1S/C18H25N5O2.C2HF3O2/c1-14-15(6-11-25-14)18(24)22-9-5-10-23-17(13-22)16(19-20-23)12-21-7-3-2-4-8-21;3-2(4,5)1(6)7/h6,11H,2-5,7-10,12-13H2,1H3;(H,6,7).